The van der Waals surface area contributed by atoms with Gasteiger partial charge in [0, 0.05) is 15.1 Å². The van der Waals surface area contributed by atoms with Gasteiger partial charge in [0.25, 0.3) is 0 Å². The van der Waals surface area contributed by atoms with Gasteiger partial charge in [0.05, 0.1) is 5.56 Å². The van der Waals surface area contributed by atoms with Crippen molar-refractivity contribution in [2.24, 2.45) is 0 Å². The zero-order valence-electron chi connectivity index (χ0n) is 12.0. The molecule has 2 nitrogen and oxygen atoms in total. The molecule has 2 rings (SSSR count). The molecule has 0 aliphatic carbocycles. The second-order valence-corrected chi connectivity index (χ2v) is 7.06. The van der Waals surface area contributed by atoms with Gasteiger partial charge in [0.15, 0.2) is 0 Å². The van der Waals surface area contributed by atoms with Crippen LogP contribution in [0.25, 0.3) is 0 Å². The molecule has 0 fully saturated rings. The van der Waals surface area contributed by atoms with Crippen molar-refractivity contribution in [2.75, 3.05) is 0 Å². The fraction of sp³-hybridized carbons (Fsp3) is 0.235. The third-order valence-corrected chi connectivity index (χ3v) is 4.83. The van der Waals surface area contributed by atoms with Crippen molar-refractivity contribution in [3.63, 3.8) is 0 Å². The second-order valence-electron chi connectivity index (χ2n) is 5.13. The first kappa shape index (κ1) is 16.1. The Morgan fingerprint density at radius 1 is 1.19 bits per heavy atom. The summed E-state index contributed by atoms with van der Waals surface area (Å²) >= 11 is 4.94. The molecular formula is C17H17BrO2S. The largest absolute Gasteiger partial charge is 0.478 e. The van der Waals surface area contributed by atoms with Crippen LogP contribution in [0.15, 0.2) is 51.8 Å². The lowest BCUT2D eigenvalue weighted by atomic mass is 10.0. The molecule has 0 radical (unpaired) electrons. The highest BCUT2D eigenvalue weighted by atomic mass is 79.9. The minimum atomic E-state index is -0.889. The highest BCUT2D eigenvalue weighted by Gasteiger charge is 2.11. The summed E-state index contributed by atoms with van der Waals surface area (Å²) in [7, 11) is 0. The van der Waals surface area contributed by atoms with Gasteiger partial charge >= 0.3 is 5.97 Å². The zero-order chi connectivity index (χ0) is 15.4. The van der Waals surface area contributed by atoms with E-state index in [-0.39, 0.29) is 0 Å². The summed E-state index contributed by atoms with van der Waals surface area (Å²) in [6.45, 7) is 4.34. The van der Waals surface area contributed by atoms with Crippen LogP contribution in [0.5, 0.6) is 0 Å². The number of thioether (sulfide) groups is 1. The number of halogens is 1. The maximum atomic E-state index is 11.2. The Morgan fingerprint density at radius 3 is 2.43 bits per heavy atom. The second kappa shape index (κ2) is 7.14. The summed E-state index contributed by atoms with van der Waals surface area (Å²) < 4.78 is 0.894. The van der Waals surface area contributed by atoms with Crippen LogP contribution in [0.1, 0.15) is 41.3 Å². The number of carbonyl (C=O) groups is 1. The quantitative estimate of drug-likeness (QED) is 0.705. The van der Waals surface area contributed by atoms with Gasteiger partial charge in [-0.25, -0.2) is 4.79 Å². The summed E-state index contributed by atoms with van der Waals surface area (Å²) in [5.74, 6) is 0.394. The molecule has 0 unspecified atom stereocenters. The van der Waals surface area contributed by atoms with Gasteiger partial charge in [-0.15, -0.1) is 11.8 Å². The molecule has 2 aromatic rings. The van der Waals surface area contributed by atoms with Crippen molar-refractivity contribution < 1.29 is 9.90 Å². The number of carboxylic acid groups (broad SMARTS) is 1. The van der Waals surface area contributed by atoms with E-state index in [1.807, 2.05) is 6.07 Å². The normalized spacial score (nSPS) is 10.9. The molecule has 0 aliphatic rings. The fourth-order valence-corrected chi connectivity index (χ4v) is 3.50. The molecule has 0 saturated heterocycles. The number of hydrogen-bond acceptors (Lipinski definition) is 2. The highest BCUT2D eigenvalue weighted by Crippen LogP contribution is 2.29. The SMILES string of the molecule is CC(C)c1ccc(CSc2cc(Br)ccc2C(=O)O)cc1. The molecule has 0 aromatic heterocycles. The number of benzene rings is 2. The van der Waals surface area contributed by atoms with E-state index in [2.05, 4.69) is 54.0 Å². The standard InChI is InChI=1S/C17H17BrO2S/c1-11(2)13-5-3-12(4-6-13)10-21-16-9-14(18)7-8-15(16)17(19)20/h3-9,11H,10H2,1-2H3,(H,19,20). The van der Waals surface area contributed by atoms with Crippen molar-refractivity contribution in [3.05, 3.63) is 63.6 Å². The van der Waals surface area contributed by atoms with Crippen LogP contribution in [0.4, 0.5) is 0 Å². The summed E-state index contributed by atoms with van der Waals surface area (Å²) in [6, 6.07) is 13.7. The zero-order valence-corrected chi connectivity index (χ0v) is 14.4. The molecule has 110 valence electrons. The van der Waals surface area contributed by atoms with Crippen LogP contribution in [-0.2, 0) is 5.75 Å². The molecule has 0 spiro atoms. The van der Waals surface area contributed by atoms with Crippen LogP contribution in [0, 0.1) is 0 Å². The first-order valence-electron chi connectivity index (χ1n) is 6.72. The molecular weight excluding hydrogens is 348 g/mol. The minimum Gasteiger partial charge on any atom is -0.478 e. The Labute approximate surface area is 137 Å². The van der Waals surface area contributed by atoms with E-state index in [4.69, 9.17) is 0 Å². The molecule has 1 N–H and O–H groups in total. The Hall–Kier alpha value is -1.26. The van der Waals surface area contributed by atoms with Crippen molar-refractivity contribution in [2.45, 2.75) is 30.4 Å². The topological polar surface area (TPSA) is 37.3 Å². The van der Waals surface area contributed by atoms with Gasteiger partial charge in [-0.3, -0.25) is 0 Å². The van der Waals surface area contributed by atoms with Gasteiger partial charge in [0.1, 0.15) is 0 Å². The number of rotatable bonds is 5. The summed E-state index contributed by atoms with van der Waals surface area (Å²) in [5, 5.41) is 9.22. The molecule has 2 aromatic carbocycles. The first-order chi connectivity index (χ1) is 9.97. The molecule has 0 amide bonds. The van der Waals surface area contributed by atoms with Crippen LogP contribution >= 0.6 is 27.7 Å². The van der Waals surface area contributed by atoms with Gasteiger partial charge in [-0.1, -0.05) is 54.0 Å². The van der Waals surface area contributed by atoms with E-state index in [1.165, 1.54) is 11.1 Å². The smallest absolute Gasteiger partial charge is 0.336 e. The van der Waals surface area contributed by atoms with Crippen molar-refractivity contribution >= 4 is 33.7 Å². The Morgan fingerprint density at radius 2 is 1.86 bits per heavy atom. The predicted octanol–water partition coefficient (Wildman–Crippen LogP) is 5.56. The maximum Gasteiger partial charge on any atom is 0.336 e. The highest BCUT2D eigenvalue weighted by molar-refractivity contribution is 9.10. The number of aromatic carboxylic acids is 1. The molecule has 4 heteroatoms. The average molecular weight is 365 g/mol. The Balaban J connectivity index is 2.12. The van der Waals surface area contributed by atoms with Crippen LogP contribution < -0.4 is 0 Å². The van der Waals surface area contributed by atoms with Crippen LogP contribution in [-0.4, -0.2) is 11.1 Å². The summed E-state index contributed by atoms with van der Waals surface area (Å²) in [5.41, 5.74) is 2.86. The van der Waals surface area contributed by atoms with Crippen LogP contribution in [0.2, 0.25) is 0 Å². The monoisotopic (exact) mass is 364 g/mol. The van der Waals surface area contributed by atoms with Gasteiger partial charge in [-0.2, -0.15) is 0 Å². The summed E-state index contributed by atoms with van der Waals surface area (Å²) in [4.78, 5) is 12.0. The lowest BCUT2D eigenvalue weighted by Crippen LogP contribution is -1.98. The number of hydrogen-bond donors (Lipinski definition) is 1. The third kappa shape index (κ3) is 4.35. The predicted molar refractivity (Wildman–Crippen MR) is 91.2 cm³/mol. The molecule has 0 bridgehead atoms. The van der Waals surface area contributed by atoms with E-state index in [0.29, 0.717) is 11.5 Å². The first-order valence-corrected chi connectivity index (χ1v) is 8.49. The van der Waals surface area contributed by atoms with Gasteiger partial charge in [-0.05, 0) is 35.2 Å². The lowest BCUT2D eigenvalue weighted by molar-refractivity contribution is 0.0693. The van der Waals surface area contributed by atoms with E-state index in [0.717, 1.165) is 15.1 Å². The molecule has 21 heavy (non-hydrogen) atoms. The molecule has 0 atom stereocenters. The van der Waals surface area contributed by atoms with Crippen molar-refractivity contribution in [1.82, 2.24) is 0 Å². The Bertz CT molecular complexity index is 636. The number of carboxylic acids is 1. The lowest BCUT2D eigenvalue weighted by Gasteiger charge is -2.09. The van der Waals surface area contributed by atoms with Crippen molar-refractivity contribution in [3.8, 4) is 0 Å². The van der Waals surface area contributed by atoms with E-state index in [1.54, 1.807) is 23.9 Å². The van der Waals surface area contributed by atoms with E-state index in [9.17, 15) is 9.90 Å². The van der Waals surface area contributed by atoms with Crippen LogP contribution in [0.3, 0.4) is 0 Å². The van der Waals surface area contributed by atoms with Gasteiger partial charge in [0.2, 0.25) is 0 Å². The minimum absolute atomic E-state index is 0.349. The van der Waals surface area contributed by atoms with E-state index < -0.39 is 5.97 Å². The van der Waals surface area contributed by atoms with Crippen molar-refractivity contribution in [1.29, 1.82) is 0 Å². The van der Waals surface area contributed by atoms with E-state index >= 15 is 0 Å². The van der Waals surface area contributed by atoms with Gasteiger partial charge < -0.3 is 5.11 Å². The average Bonchev–Trinajstić information content (AvgIpc) is 2.45. The molecule has 0 aliphatic heterocycles. The third-order valence-electron chi connectivity index (χ3n) is 3.21. The fourth-order valence-electron chi connectivity index (χ4n) is 1.95. The maximum absolute atomic E-state index is 11.2. The molecule has 0 saturated carbocycles. The summed E-state index contributed by atoms with van der Waals surface area (Å²) in [6.07, 6.45) is 0. The Kier molecular flexibility index (Phi) is 5.48. The molecule has 0 heterocycles.